The highest BCUT2D eigenvalue weighted by Gasteiger charge is 2.30. The summed E-state index contributed by atoms with van der Waals surface area (Å²) in [5.74, 6) is -0.388. The molecule has 2 aromatic rings. The second-order valence-corrected chi connectivity index (χ2v) is 5.07. The van der Waals surface area contributed by atoms with E-state index < -0.39 is 18.0 Å². The molecule has 4 heteroatoms. The van der Waals surface area contributed by atoms with Gasteiger partial charge in [-0.2, -0.15) is 0 Å². The highest BCUT2D eigenvalue weighted by atomic mass is 19.1. The van der Waals surface area contributed by atoms with Crippen LogP contribution in [-0.2, 0) is 0 Å². The minimum absolute atomic E-state index is 0.205. The van der Waals surface area contributed by atoms with Crippen LogP contribution >= 0.6 is 0 Å². The van der Waals surface area contributed by atoms with Crippen LogP contribution in [0.4, 0.5) is 8.78 Å². The Hall–Kier alpha value is -1.94. The number of ether oxygens (including phenoxy) is 1. The van der Waals surface area contributed by atoms with Crippen LogP contribution in [0.15, 0.2) is 36.4 Å². The van der Waals surface area contributed by atoms with Crippen molar-refractivity contribution in [3.63, 3.8) is 0 Å². The number of hydrogen-bond donors (Lipinski definition) is 1. The monoisotopic (exact) mass is 276 g/mol. The van der Waals surface area contributed by atoms with Crippen LogP contribution in [0.3, 0.4) is 0 Å². The van der Waals surface area contributed by atoms with E-state index in [9.17, 15) is 13.9 Å². The Bertz CT molecular complexity index is 655. The van der Waals surface area contributed by atoms with Crippen LogP contribution in [0, 0.1) is 18.6 Å². The molecule has 0 radical (unpaired) electrons. The van der Waals surface area contributed by atoms with Gasteiger partial charge >= 0.3 is 0 Å². The van der Waals surface area contributed by atoms with E-state index >= 15 is 0 Å². The highest BCUT2D eigenvalue weighted by Crippen LogP contribution is 2.41. The van der Waals surface area contributed by atoms with E-state index in [2.05, 4.69) is 0 Å². The maximum Gasteiger partial charge on any atom is 0.130 e. The molecule has 0 amide bonds. The molecule has 1 aliphatic heterocycles. The molecule has 2 atom stereocenters. The molecule has 1 aliphatic rings. The predicted molar refractivity (Wildman–Crippen MR) is 70.5 cm³/mol. The Morgan fingerprint density at radius 1 is 1.10 bits per heavy atom. The van der Waals surface area contributed by atoms with Crippen molar-refractivity contribution in [3.05, 3.63) is 64.7 Å². The second-order valence-electron chi connectivity index (χ2n) is 5.07. The van der Waals surface area contributed by atoms with E-state index in [4.69, 9.17) is 4.74 Å². The van der Waals surface area contributed by atoms with Gasteiger partial charge in [0.25, 0.3) is 0 Å². The van der Waals surface area contributed by atoms with E-state index in [0.29, 0.717) is 16.9 Å². The number of aliphatic hydroxyl groups excluding tert-OH is 1. The third-order valence-corrected chi connectivity index (χ3v) is 3.54. The summed E-state index contributed by atoms with van der Waals surface area (Å²) in [4.78, 5) is 0. The quantitative estimate of drug-likeness (QED) is 0.857. The molecule has 0 saturated carbocycles. The van der Waals surface area contributed by atoms with Crippen molar-refractivity contribution in [2.75, 3.05) is 0 Å². The van der Waals surface area contributed by atoms with E-state index in [1.54, 1.807) is 12.1 Å². The third kappa shape index (κ3) is 2.27. The van der Waals surface area contributed by atoms with Gasteiger partial charge in [0.15, 0.2) is 0 Å². The lowest BCUT2D eigenvalue weighted by Crippen LogP contribution is -2.20. The molecule has 0 aliphatic carbocycles. The van der Waals surface area contributed by atoms with Crippen molar-refractivity contribution >= 4 is 0 Å². The molecule has 2 aromatic carbocycles. The van der Waals surface area contributed by atoms with Crippen molar-refractivity contribution in [3.8, 4) is 5.75 Å². The Morgan fingerprint density at radius 2 is 1.90 bits per heavy atom. The first-order chi connectivity index (χ1) is 9.54. The predicted octanol–water partition coefficient (Wildman–Crippen LogP) is 3.83. The summed E-state index contributed by atoms with van der Waals surface area (Å²) in [5.41, 5.74) is 1.75. The number of aryl methyl sites for hydroxylation is 1. The van der Waals surface area contributed by atoms with Crippen LogP contribution in [0.1, 0.15) is 35.3 Å². The number of benzene rings is 2. The van der Waals surface area contributed by atoms with Crippen molar-refractivity contribution in [2.24, 2.45) is 0 Å². The lowest BCUT2D eigenvalue weighted by atomic mass is 9.94. The molecule has 0 spiro atoms. The van der Waals surface area contributed by atoms with E-state index in [0.717, 1.165) is 5.56 Å². The van der Waals surface area contributed by atoms with E-state index in [1.165, 1.54) is 24.3 Å². The minimum Gasteiger partial charge on any atom is -0.485 e. The van der Waals surface area contributed by atoms with Gasteiger partial charge in [0.1, 0.15) is 23.5 Å². The molecule has 0 saturated heterocycles. The number of halogens is 2. The van der Waals surface area contributed by atoms with Crippen LogP contribution in [-0.4, -0.2) is 5.11 Å². The van der Waals surface area contributed by atoms with Gasteiger partial charge in [-0.3, -0.25) is 0 Å². The molecule has 0 bridgehead atoms. The molecule has 1 unspecified atom stereocenters. The SMILES string of the molecule is Cc1ccc(F)c(C2C[C@@H](O)c3cc(F)ccc3O2)c1. The standard InChI is InChI=1S/C16H14F2O2/c1-9-2-4-13(18)11(6-9)16-8-14(19)12-7-10(17)3-5-15(12)20-16/h2-7,14,16,19H,8H2,1H3/t14-,16?/m1/s1. The number of rotatable bonds is 1. The van der Waals surface area contributed by atoms with Crippen LogP contribution in [0.25, 0.3) is 0 Å². The average Bonchev–Trinajstić information content (AvgIpc) is 2.42. The van der Waals surface area contributed by atoms with Crippen LogP contribution < -0.4 is 4.74 Å². The largest absolute Gasteiger partial charge is 0.485 e. The van der Waals surface area contributed by atoms with Crippen molar-refractivity contribution < 1.29 is 18.6 Å². The van der Waals surface area contributed by atoms with Gasteiger partial charge in [0.2, 0.25) is 0 Å². The average molecular weight is 276 g/mol. The maximum atomic E-state index is 13.9. The van der Waals surface area contributed by atoms with E-state index in [-0.39, 0.29) is 12.2 Å². The van der Waals surface area contributed by atoms with E-state index in [1.807, 2.05) is 6.92 Å². The molecular weight excluding hydrogens is 262 g/mol. The van der Waals surface area contributed by atoms with Gasteiger partial charge in [-0.05, 0) is 37.3 Å². The number of aliphatic hydroxyl groups is 1. The first-order valence-electron chi connectivity index (χ1n) is 6.45. The molecule has 1 N–H and O–H groups in total. The van der Waals surface area contributed by atoms with Gasteiger partial charge in [0, 0.05) is 17.5 Å². The van der Waals surface area contributed by atoms with Gasteiger partial charge in [-0.25, -0.2) is 8.78 Å². The zero-order valence-electron chi connectivity index (χ0n) is 10.9. The van der Waals surface area contributed by atoms with Crippen molar-refractivity contribution in [1.29, 1.82) is 0 Å². The summed E-state index contributed by atoms with van der Waals surface area (Å²) in [6, 6.07) is 8.76. The highest BCUT2D eigenvalue weighted by molar-refractivity contribution is 5.39. The molecule has 20 heavy (non-hydrogen) atoms. The minimum atomic E-state index is -0.862. The maximum absolute atomic E-state index is 13.9. The molecule has 0 fully saturated rings. The van der Waals surface area contributed by atoms with Gasteiger partial charge in [-0.1, -0.05) is 11.6 Å². The Morgan fingerprint density at radius 3 is 2.70 bits per heavy atom. The van der Waals surface area contributed by atoms with Crippen molar-refractivity contribution in [2.45, 2.75) is 25.6 Å². The van der Waals surface area contributed by atoms with Gasteiger partial charge < -0.3 is 9.84 Å². The fraction of sp³-hybridized carbons (Fsp3) is 0.250. The van der Waals surface area contributed by atoms with Gasteiger partial charge in [0.05, 0.1) is 6.10 Å². The first kappa shape index (κ1) is 13.1. The summed E-state index contributed by atoms with van der Waals surface area (Å²) >= 11 is 0. The normalized spacial score (nSPS) is 21.2. The Kier molecular flexibility index (Phi) is 3.18. The summed E-state index contributed by atoms with van der Waals surface area (Å²) in [7, 11) is 0. The zero-order valence-corrected chi connectivity index (χ0v) is 10.9. The van der Waals surface area contributed by atoms with Crippen LogP contribution in [0.5, 0.6) is 5.75 Å². The molecule has 0 aromatic heterocycles. The summed E-state index contributed by atoms with van der Waals surface area (Å²) in [5, 5.41) is 10.1. The molecule has 104 valence electrons. The molecule has 3 rings (SSSR count). The molecule has 2 nitrogen and oxygen atoms in total. The lowest BCUT2D eigenvalue weighted by Gasteiger charge is -2.30. The fourth-order valence-corrected chi connectivity index (χ4v) is 2.52. The molecular formula is C16H14F2O2. The number of hydrogen-bond acceptors (Lipinski definition) is 2. The fourth-order valence-electron chi connectivity index (χ4n) is 2.52. The second kappa shape index (κ2) is 4.87. The summed E-state index contributed by atoms with van der Waals surface area (Å²) < 4.78 is 32.8. The Balaban J connectivity index is 1.99. The topological polar surface area (TPSA) is 29.5 Å². The van der Waals surface area contributed by atoms with Crippen LogP contribution in [0.2, 0.25) is 0 Å². The first-order valence-corrected chi connectivity index (χ1v) is 6.45. The third-order valence-electron chi connectivity index (χ3n) is 3.54. The van der Waals surface area contributed by atoms with Gasteiger partial charge in [-0.15, -0.1) is 0 Å². The smallest absolute Gasteiger partial charge is 0.130 e. The Labute approximate surface area is 115 Å². The summed E-state index contributed by atoms with van der Waals surface area (Å²) in [6.07, 6.45) is -1.22. The number of fused-ring (bicyclic) bond motifs is 1. The zero-order chi connectivity index (χ0) is 14.3. The molecule has 1 heterocycles. The summed E-state index contributed by atoms with van der Waals surface area (Å²) in [6.45, 7) is 1.87. The van der Waals surface area contributed by atoms with Crippen molar-refractivity contribution in [1.82, 2.24) is 0 Å². The lowest BCUT2D eigenvalue weighted by molar-refractivity contribution is 0.0636.